The Labute approximate surface area is 105 Å². The van der Waals surface area contributed by atoms with E-state index in [0.717, 1.165) is 19.5 Å². The lowest BCUT2D eigenvalue weighted by Crippen LogP contribution is -1.94. The number of hydrogen-bond donors (Lipinski definition) is 2. The average molecular weight is 304 g/mol. The lowest BCUT2D eigenvalue weighted by Gasteiger charge is -2.07. The van der Waals surface area contributed by atoms with E-state index in [4.69, 9.17) is 17.3 Å². The molecule has 0 atom stereocenters. The smallest absolute Gasteiger partial charge is 0.0950 e. The van der Waals surface area contributed by atoms with E-state index in [1.165, 1.54) is 11.3 Å². The molecule has 1 heterocycles. The first-order chi connectivity index (χ1) is 7.15. The van der Waals surface area contributed by atoms with Gasteiger partial charge in [-0.25, -0.2) is 0 Å². The predicted octanol–water partition coefficient (Wildman–Crippen LogP) is 4.49. The van der Waals surface area contributed by atoms with Crippen LogP contribution < -0.4 is 11.1 Å². The van der Waals surface area contributed by atoms with E-state index in [9.17, 15) is 0 Å². The normalized spacial score (nSPS) is 10.3. The second-order valence-corrected chi connectivity index (χ2v) is 5.59. The maximum absolute atomic E-state index is 5.86. The number of nitrogens with two attached hydrogens (primary N) is 1. The fourth-order valence-electron chi connectivity index (χ4n) is 1.16. The molecule has 0 fully saturated rings. The van der Waals surface area contributed by atoms with Crippen LogP contribution in [0.5, 0.6) is 0 Å². The zero-order valence-electron chi connectivity index (χ0n) is 7.63. The van der Waals surface area contributed by atoms with Crippen LogP contribution in [-0.2, 0) is 0 Å². The van der Waals surface area contributed by atoms with Crippen LogP contribution in [0.2, 0.25) is 4.34 Å². The van der Waals surface area contributed by atoms with E-state index in [1.54, 1.807) is 0 Å². The van der Waals surface area contributed by atoms with Gasteiger partial charge >= 0.3 is 0 Å². The molecule has 5 heteroatoms. The second-order valence-electron chi connectivity index (χ2n) is 2.96. The van der Waals surface area contributed by atoms with Gasteiger partial charge in [-0.1, -0.05) is 27.5 Å². The van der Waals surface area contributed by atoms with Gasteiger partial charge in [-0.15, -0.1) is 11.3 Å². The molecule has 15 heavy (non-hydrogen) atoms. The summed E-state index contributed by atoms with van der Waals surface area (Å²) >= 11 is 10.7. The predicted molar refractivity (Wildman–Crippen MR) is 71.2 cm³/mol. The minimum absolute atomic E-state index is 0.703. The van der Waals surface area contributed by atoms with Crippen LogP contribution in [0.3, 0.4) is 0 Å². The Hall–Kier alpha value is -0.710. The van der Waals surface area contributed by atoms with Crippen LogP contribution >= 0.6 is 38.9 Å². The first-order valence-electron chi connectivity index (χ1n) is 4.22. The number of nitrogen functional groups attached to an aromatic ring is 1. The summed E-state index contributed by atoms with van der Waals surface area (Å²) in [5.41, 5.74) is 7.44. The van der Waals surface area contributed by atoms with Crippen LogP contribution in [0.4, 0.5) is 16.4 Å². The molecule has 2 nitrogen and oxygen atoms in total. The van der Waals surface area contributed by atoms with Crippen molar-refractivity contribution >= 4 is 55.2 Å². The second kappa shape index (κ2) is 4.43. The van der Waals surface area contributed by atoms with Crippen LogP contribution in [0, 0.1) is 0 Å². The van der Waals surface area contributed by atoms with Gasteiger partial charge in [0.25, 0.3) is 0 Å². The van der Waals surface area contributed by atoms with Crippen molar-refractivity contribution in [2.75, 3.05) is 11.1 Å². The quantitative estimate of drug-likeness (QED) is 0.802. The van der Waals surface area contributed by atoms with Crippen LogP contribution in [0.15, 0.2) is 34.8 Å². The molecule has 1 aromatic carbocycles. The van der Waals surface area contributed by atoms with Gasteiger partial charge in [-0.3, -0.25) is 0 Å². The first kappa shape index (κ1) is 10.8. The third-order valence-electron chi connectivity index (χ3n) is 1.84. The largest absolute Gasteiger partial charge is 0.397 e. The topological polar surface area (TPSA) is 38.0 Å². The maximum Gasteiger partial charge on any atom is 0.0950 e. The number of thiophene rings is 1. The molecule has 3 N–H and O–H groups in total. The van der Waals surface area contributed by atoms with E-state index in [-0.39, 0.29) is 0 Å². The van der Waals surface area contributed by atoms with E-state index in [1.807, 2.05) is 30.3 Å². The summed E-state index contributed by atoms with van der Waals surface area (Å²) in [5.74, 6) is 0. The summed E-state index contributed by atoms with van der Waals surface area (Å²) in [4.78, 5) is 0. The molecule has 0 saturated carbocycles. The van der Waals surface area contributed by atoms with E-state index in [0.29, 0.717) is 5.69 Å². The molecule has 0 aliphatic heterocycles. The number of hydrogen-bond acceptors (Lipinski definition) is 3. The molecular formula is C10H8BrClN2S. The van der Waals surface area contributed by atoms with Crippen LogP contribution in [0.1, 0.15) is 0 Å². The SMILES string of the molecule is Nc1cc(Br)ccc1Nc1ccc(Cl)s1. The molecule has 2 rings (SSSR count). The molecule has 0 aliphatic carbocycles. The zero-order chi connectivity index (χ0) is 10.8. The van der Waals surface area contributed by atoms with Crippen molar-refractivity contribution in [3.63, 3.8) is 0 Å². The summed E-state index contributed by atoms with van der Waals surface area (Å²) in [6, 6.07) is 9.50. The van der Waals surface area contributed by atoms with Gasteiger partial charge in [0.05, 0.1) is 20.7 Å². The standard InChI is InChI=1S/C10H8BrClN2S/c11-6-1-2-8(7(13)5-6)14-10-4-3-9(12)15-10/h1-5,14H,13H2. The lowest BCUT2D eigenvalue weighted by molar-refractivity contribution is 1.57. The summed E-state index contributed by atoms with van der Waals surface area (Å²) in [5, 5.41) is 4.19. The third kappa shape index (κ3) is 2.65. The van der Waals surface area contributed by atoms with Crippen LogP contribution in [0.25, 0.3) is 0 Å². The number of benzene rings is 1. The molecule has 0 saturated heterocycles. The minimum Gasteiger partial charge on any atom is -0.397 e. The van der Waals surface area contributed by atoms with Gasteiger partial charge < -0.3 is 11.1 Å². The molecule has 0 spiro atoms. The molecule has 78 valence electrons. The Morgan fingerprint density at radius 1 is 1.27 bits per heavy atom. The average Bonchev–Trinajstić information content (AvgIpc) is 2.56. The summed E-state index contributed by atoms with van der Waals surface area (Å²) < 4.78 is 1.72. The molecule has 0 amide bonds. The van der Waals surface area contributed by atoms with Crippen molar-refractivity contribution in [3.05, 3.63) is 39.1 Å². The fraction of sp³-hybridized carbons (Fsp3) is 0. The van der Waals surface area contributed by atoms with Crippen molar-refractivity contribution in [1.29, 1.82) is 0 Å². The van der Waals surface area contributed by atoms with Crippen molar-refractivity contribution in [1.82, 2.24) is 0 Å². The molecule has 2 aromatic rings. The van der Waals surface area contributed by atoms with Gasteiger partial charge in [0.1, 0.15) is 0 Å². The van der Waals surface area contributed by atoms with E-state index < -0.39 is 0 Å². The Morgan fingerprint density at radius 3 is 2.67 bits per heavy atom. The van der Waals surface area contributed by atoms with Gasteiger partial charge in [0, 0.05) is 4.47 Å². The Kier molecular flexibility index (Phi) is 3.19. The van der Waals surface area contributed by atoms with Crippen molar-refractivity contribution < 1.29 is 0 Å². The lowest BCUT2D eigenvalue weighted by atomic mass is 10.3. The molecule has 0 unspecified atom stereocenters. The zero-order valence-corrected chi connectivity index (χ0v) is 10.8. The highest BCUT2D eigenvalue weighted by molar-refractivity contribution is 9.10. The molecule has 0 bridgehead atoms. The third-order valence-corrected chi connectivity index (χ3v) is 3.48. The number of halogens is 2. The molecule has 1 aromatic heterocycles. The molecule has 0 aliphatic rings. The Balaban J connectivity index is 2.24. The van der Waals surface area contributed by atoms with Crippen molar-refractivity contribution in [2.45, 2.75) is 0 Å². The van der Waals surface area contributed by atoms with Crippen molar-refractivity contribution in [3.8, 4) is 0 Å². The highest BCUT2D eigenvalue weighted by Crippen LogP contribution is 2.31. The maximum atomic E-state index is 5.86. The van der Waals surface area contributed by atoms with Crippen molar-refractivity contribution in [2.24, 2.45) is 0 Å². The van der Waals surface area contributed by atoms with E-state index in [2.05, 4.69) is 21.2 Å². The summed E-state index contributed by atoms with van der Waals surface area (Å²) in [7, 11) is 0. The van der Waals surface area contributed by atoms with E-state index >= 15 is 0 Å². The highest BCUT2D eigenvalue weighted by Gasteiger charge is 2.02. The Bertz CT molecular complexity index is 484. The number of anilines is 3. The first-order valence-corrected chi connectivity index (χ1v) is 6.21. The molecule has 0 radical (unpaired) electrons. The Morgan fingerprint density at radius 2 is 2.07 bits per heavy atom. The highest BCUT2D eigenvalue weighted by atomic mass is 79.9. The van der Waals surface area contributed by atoms with Gasteiger partial charge in [0.2, 0.25) is 0 Å². The fourth-order valence-corrected chi connectivity index (χ4v) is 2.50. The molecular weight excluding hydrogens is 296 g/mol. The monoisotopic (exact) mass is 302 g/mol. The number of nitrogens with one attached hydrogen (secondary N) is 1. The van der Waals surface area contributed by atoms with Gasteiger partial charge in [0.15, 0.2) is 0 Å². The minimum atomic E-state index is 0.703. The summed E-state index contributed by atoms with van der Waals surface area (Å²) in [6.45, 7) is 0. The van der Waals surface area contributed by atoms with Gasteiger partial charge in [-0.2, -0.15) is 0 Å². The summed E-state index contributed by atoms with van der Waals surface area (Å²) in [6.07, 6.45) is 0. The van der Waals surface area contributed by atoms with Gasteiger partial charge in [-0.05, 0) is 30.3 Å². The number of rotatable bonds is 2. The van der Waals surface area contributed by atoms with Crippen LogP contribution in [-0.4, -0.2) is 0 Å².